The Morgan fingerprint density at radius 2 is 1.75 bits per heavy atom. The fourth-order valence-corrected chi connectivity index (χ4v) is 1.65. The summed E-state index contributed by atoms with van der Waals surface area (Å²) < 4.78 is 0. The fraction of sp³-hybridized carbons (Fsp3) is 0.923. The average molecular weight is 228 g/mol. The van der Waals surface area contributed by atoms with Crippen LogP contribution in [0.4, 0.5) is 0 Å². The molecule has 0 unspecified atom stereocenters. The molecule has 3 nitrogen and oxygen atoms in total. The minimum absolute atomic E-state index is 0.00135. The quantitative estimate of drug-likeness (QED) is 0.670. The number of nitrogens with one attached hydrogen (secondary N) is 1. The number of hydrogen-bond donors (Lipinski definition) is 2. The highest BCUT2D eigenvalue weighted by atomic mass is 16.1. The second-order valence-electron chi connectivity index (χ2n) is 5.36. The summed E-state index contributed by atoms with van der Waals surface area (Å²) in [6.07, 6.45) is 4.11. The van der Waals surface area contributed by atoms with Crippen LogP contribution in [0.2, 0.25) is 0 Å². The molecular weight excluding hydrogens is 200 g/mol. The van der Waals surface area contributed by atoms with Gasteiger partial charge >= 0.3 is 0 Å². The van der Waals surface area contributed by atoms with Gasteiger partial charge in [-0.3, -0.25) is 4.79 Å². The molecule has 0 fully saturated rings. The first kappa shape index (κ1) is 15.4. The van der Waals surface area contributed by atoms with Crippen molar-refractivity contribution in [1.82, 2.24) is 5.32 Å². The number of amides is 1. The molecule has 16 heavy (non-hydrogen) atoms. The Kier molecular flexibility index (Phi) is 7.39. The van der Waals surface area contributed by atoms with Crippen LogP contribution in [-0.2, 0) is 4.79 Å². The van der Waals surface area contributed by atoms with E-state index in [1.165, 1.54) is 0 Å². The molecule has 0 saturated heterocycles. The Morgan fingerprint density at radius 1 is 1.25 bits per heavy atom. The van der Waals surface area contributed by atoms with Gasteiger partial charge in [-0.1, -0.05) is 40.5 Å². The molecule has 96 valence electrons. The number of rotatable bonds is 8. The van der Waals surface area contributed by atoms with Gasteiger partial charge in [0.25, 0.3) is 0 Å². The van der Waals surface area contributed by atoms with Gasteiger partial charge in [0.15, 0.2) is 0 Å². The molecule has 0 radical (unpaired) electrons. The van der Waals surface area contributed by atoms with Crippen LogP contribution in [0, 0.1) is 11.3 Å². The highest BCUT2D eigenvalue weighted by Crippen LogP contribution is 2.15. The second-order valence-corrected chi connectivity index (χ2v) is 5.36. The molecule has 3 heteroatoms. The normalized spacial score (nSPS) is 11.9. The van der Waals surface area contributed by atoms with Crippen LogP contribution < -0.4 is 11.1 Å². The summed E-state index contributed by atoms with van der Waals surface area (Å²) in [5.74, 6) is 0.383. The van der Waals surface area contributed by atoms with Gasteiger partial charge < -0.3 is 11.1 Å². The Labute approximate surface area is 100 Å². The summed E-state index contributed by atoms with van der Waals surface area (Å²) in [4.78, 5) is 11.9. The molecular formula is C13H28N2O. The summed E-state index contributed by atoms with van der Waals surface area (Å²) in [7, 11) is 0. The van der Waals surface area contributed by atoms with E-state index in [1.54, 1.807) is 0 Å². The molecule has 0 saturated carbocycles. The molecule has 0 aromatic heterocycles. The van der Waals surface area contributed by atoms with Crippen molar-refractivity contribution in [3.8, 4) is 0 Å². The van der Waals surface area contributed by atoms with Crippen LogP contribution in [0.25, 0.3) is 0 Å². The van der Waals surface area contributed by atoms with Crippen LogP contribution in [-0.4, -0.2) is 19.0 Å². The van der Waals surface area contributed by atoms with Crippen LogP contribution in [0.5, 0.6) is 0 Å². The molecule has 0 rings (SSSR count). The third-order valence-electron chi connectivity index (χ3n) is 2.94. The van der Waals surface area contributed by atoms with E-state index in [1.807, 2.05) is 0 Å². The lowest BCUT2D eigenvalue weighted by Gasteiger charge is -2.24. The Balaban J connectivity index is 4.09. The minimum atomic E-state index is -0.00135. The lowest BCUT2D eigenvalue weighted by Crippen LogP contribution is -2.40. The molecule has 0 aliphatic rings. The van der Waals surface area contributed by atoms with Crippen molar-refractivity contribution in [3.05, 3.63) is 0 Å². The average Bonchev–Trinajstić information content (AvgIpc) is 2.26. The van der Waals surface area contributed by atoms with Crippen molar-refractivity contribution in [3.63, 3.8) is 0 Å². The number of carbonyl (C=O) groups excluding carboxylic acids is 1. The molecule has 0 aliphatic carbocycles. The predicted octanol–water partition coefficient (Wildman–Crippen LogP) is 2.30. The third kappa shape index (κ3) is 6.11. The van der Waals surface area contributed by atoms with Gasteiger partial charge in [-0.05, 0) is 24.8 Å². The van der Waals surface area contributed by atoms with Gasteiger partial charge in [0.1, 0.15) is 0 Å². The van der Waals surface area contributed by atoms with Crippen LogP contribution in [0.15, 0.2) is 0 Å². The molecule has 0 spiro atoms. The van der Waals surface area contributed by atoms with Crippen LogP contribution in [0.1, 0.15) is 53.4 Å². The summed E-state index contributed by atoms with van der Waals surface area (Å²) >= 11 is 0. The molecule has 0 heterocycles. The third-order valence-corrected chi connectivity index (χ3v) is 2.94. The topological polar surface area (TPSA) is 55.1 Å². The first-order valence-corrected chi connectivity index (χ1v) is 6.44. The molecule has 0 aromatic carbocycles. The van der Waals surface area contributed by atoms with E-state index in [9.17, 15) is 4.79 Å². The van der Waals surface area contributed by atoms with Gasteiger partial charge in [-0.2, -0.15) is 0 Å². The van der Waals surface area contributed by atoms with E-state index >= 15 is 0 Å². The maximum Gasteiger partial charge on any atom is 0.223 e. The van der Waals surface area contributed by atoms with Crippen molar-refractivity contribution >= 4 is 5.91 Å². The van der Waals surface area contributed by atoms with E-state index < -0.39 is 0 Å². The zero-order valence-corrected chi connectivity index (χ0v) is 11.3. The second kappa shape index (κ2) is 7.66. The first-order chi connectivity index (χ1) is 7.46. The summed E-state index contributed by atoms with van der Waals surface area (Å²) in [5, 5.41) is 3.02. The van der Waals surface area contributed by atoms with Crippen molar-refractivity contribution in [2.45, 2.75) is 53.4 Å². The summed E-state index contributed by atoms with van der Waals surface area (Å²) in [6.45, 7) is 9.66. The molecule has 0 bridgehead atoms. The molecule has 0 atom stereocenters. The van der Waals surface area contributed by atoms with Gasteiger partial charge in [0, 0.05) is 12.5 Å². The fourth-order valence-electron chi connectivity index (χ4n) is 1.65. The standard InChI is InChI=1S/C13H28N2O/c1-5-7-11(8-6-2)12(16)15-10-13(3,4)9-14/h11H,5-10,14H2,1-4H3,(H,15,16). The summed E-state index contributed by atoms with van der Waals surface area (Å²) in [6, 6.07) is 0. The maximum atomic E-state index is 11.9. The monoisotopic (exact) mass is 228 g/mol. The molecule has 3 N–H and O–H groups in total. The largest absolute Gasteiger partial charge is 0.355 e. The van der Waals surface area contributed by atoms with Crippen LogP contribution in [0.3, 0.4) is 0 Å². The molecule has 1 amide bonds. The number of nitrogens with two attached hydrogens (primary N) is 1. The Bertz CT molecular complexity index is 196. The van der Waals surface area contributed by atoms with E-state index in [-0.39, 0.29) is 17.2 Å². The maximum absolute atomic E-state index is 11.9. The SMILES string of the molecule is CCCC(CCC)C(=O)NCC(C)(C)CN. The lowest BCUT2D eigenvalue weighted by atomic mass is 9.92. The van der Waals surface area contributed by atoms with Crippen molar-refractivity contribution in [2.75, 3.05) is 13.1 Å². The van der Waals surface area contributed by atoms with Gasteiger partial charge in [-0.15, -0.1) is 0 Å². The zero-order chi connectivity index (χ0) is 12.6. The zero-order valence-electron chi connectivity index (χ0n) is 11.3. The Morgan fingerprint density at radius 3 is 2.12 bits per heavy atom. The molecule has 0 aromatic rings. The van der Waals surface area contributed by atoms with Gasteiger partial charge in [0.05, 0.1) is 0 Å². The highest BCUT2D eigenvalue weighted by Gasteiger charge is 2.20. The lowest BCUT2D eigenvalue weighted by molar-refractivity contribution is -0.125. The number of carbonyl (C=O) groups is 1. The van der Waals surface area contributed by atoms with E-state index in [4.69, 9.17) is 5.73 Å². The van der Waals surface area contributed by atoms with Crippen molar-refractivity contribution in [1.29, 1.82) is 0 Å². The Hall–Kier alpha value is -0.570. The van der Waals surface area contributed by atoms with E-state index in [0.29, 0.717) is 13.1 Å². The van der Waals surface area contributed by atoms with E-state index in [2.05, 4.69) is 33.0 Å². The predicted molar refractivity (Wildman–Crippen MR) is 69.2 cm³/mol. The van der Waals surface area contributed by atoms with Gasteiger partial charge in [-0.25, -0.2) is 0 Å². The highest BCUT2D eigenvalue weighted by molar-refractivity contribution is 5.78. The first-order valence-electron chi connectivity index (χ1n) is 6.44. The van der Waals surface area contributed by atoms with Crippen molar-refractivity contribution in [2.24, 2.45) is 17.1 Å². The smallest absolute Gasteiger partial charge is 0.223 e. The molecule has 0 aliphatic heterocycles. The number of hydrogen-bond acceptors (Lipinski definition) is 2. The van der Waals surface area contributed by atoms with E-state index in [0.717, 1.165) is 25.7 Å². The summed E-state index contributed by atoms with van der Waals surface area (Å²) in [5.41, 5.74) is 5.63. The van der Waals surface area contributed by atoms with Crippen LogP contribution >= 0.6 is 0 Å². The van der Waals surface area contributed by atoms with Crippen molar-refractivity contribution < 1.29 is 4.79 Å². The minimum Gasteiger partial charge on any atom is -0.355 e. The van der Waals surface area contributed by atoms with Gasteiger partial charge in [0.2, 0.25) is 5.91 Å².